The summed E-state index contributed by atoms with van der Waals surface area (Å²) in [5, 5.41) is 13.9. The third-order valence-electron chi connectivity index (χ3n) is 4.95. The Morgan fingerprint density at radius 1 is 1.14 bits per heavy atom. The van der Waals surface area contributed by atoms with E-state index < -0.39 is 16.1 Å². The fourth-order valence-electron chi connectivity index (χ4n) is 3.34. The molecule has 2 heterocycles. The number of benzene rings is 1. The molecule has 1 atom stereocenters. The Balaban J connectivity index is 1.94. The molecule has 0 amide bonds. The quantitative estimate of drug-likeness (QED) is 0.487. The van der Waals surface area contributed by atoms with Crippen LogP contribution in [0.2, 0.25) is 4.34 Å². The van der Waals surface area contributed by atoms with Crippen LogP contribution in [0, 0.1) is 5.92 Å². The Bertz CT molecular complexity index is 1040. The molecule has 9 heteroatoms. The van der Waals surface area contributed by atoms with Gasteiger partial charge in [-0.15, -0.1) is 11.3 Å². The normalized spacial score (nSPS) is 13.1. The summed E-state index contributed by atoms with van der Waals surface area (Å²) < 4.78 is 31.3. The van der Waals surface area contributed by atoms with Gasteiger partial charge < -0.3 is 5.11 Å². The first-order valence-corrected chi connectivity index (χ1v) is 12.1. The van der Waals surface area contributed by atoms with E-state index in [0.717, 1.165) is 35.4 Å². The van der Waals surface area contributed by atoms with Crippen LogP contribution in [0.15, 0.2) is 52.9 Å². The van der Waals surface area contributed by atoms with Crippen LogP contribution in [0.25, 0.3) is 0 Å². The Morgan fingerprint density at radius 3 is 2.41 bits per heavy atom. The predicted molar refractivity (Wildman–Crippen MR) is 116 cm³/mol. The largest absolute Gasteiger partial charge is 0.508 e. The molecule has 0 saturated heterocycles. The van der Waals surface area contributed by atoms with Gasteiger partial charge in [-0.2, -0.15) is 5.10 Å². The van der Waals surface area contributed by atoms with E-state index in [-0.39, 0.29) is 15.9 Å². The number of rotatable bonds is 9. The standard InChI is InChI=1S/C20H24ClN3O3S2/c1-3-15(4-2)20(23-29(26,27)19-10-9-18(21)28-19)17-11-12-22-24(17)13-14-5-7-16(25)8-6-14/h5-12,15,20,23,25H,3-4,13H2,1-2H3. The second-order valence-corrected chi connectivity index (χ2v) is 10.5. The van der Waals surface area contributed by atoms with Crippen LogP contribution < -0.4 is 4.72 Å². The molecule has 2 N–H and O–H groups in total. The Hall–Kier alpha value is -1.87. The molecule has 0 spiro atoms. The molecule has 0 fully saturated rings. The molecule has 6 nitrogen and oxygen atoms in total. The Morgan fingerprint density at radius 2 is 1.83 bits per heavy atom. The van der Waals surface area contributed by atoms with E-state index in [9.17, 15) is 13.5 Å². The second kappa shape index (κ2) is 9.30. The van der Waals surface area contributed by atoms with Gasteiger partial charge in [0.05, 0.1) is 22.6 Å². The smallest absolute Gasteiger partial charge is 0.250 e. The van der Waals surface area contributed by atoms with Crippen LogP contribution in [-0.4, -0.2) is 23.3 Å². The lowest BCUT2D eigenvalue weighted by Crippen LogP contribution is -2.34. The maximum atomic E-state index is 13.0. The van der Waals surface area contributed by atoms with Crippen LogP contribution >= 0.6 is 22.9 Å². The average molecular weight is 454 g/mol. The number of phenols is 1. The summed E-state index contributed by atoms with van der Waals surface area (Å²) in [6.45, 7) is 4.59. The van der Waals surface area contributed by atoms with E-state index >= 15 is 0 Å². The summed E-state index contributed by atoms with van der Waals surface area (Å²) in [5.41, 5.74) is 1.77. The Kier molecular flexibility index (Phi) is 7.00. The van der Waals surface area contributed by atoms with E-state index in [4.69, 9.17) is 11.6 Å². The molecule has 0 aliphatic heterocycles. The van der Waals surface area contributed by atoms with E-state index in [1.165, 1.54) is 6.07 Å². The van der Waals surface area contributed by atoms with Crippen molar-refractivity contribution >= 4 is 33.0 Å². The number of thiophene rings is 1. The van der Waals surface area contributed by atoms with Crippen molar-refractivity contribution in [1.82, 2.24) is 14.5 Å². The highest BCUT2D eigenvalue weighted by Gasteiger charge is 2.30. The van der Waals surface area contributed by atoms with Gasteiger partial charge in [0.2, 0.25) is 0 Å². The van der Waals surface area contributed by atoms with Gasteiger partial charge in [-0.05, 0) is 41.8 Å². The van der Waals surface area contributed by atoms with E-state index in [2.05, 4.69) is 23.7 Å². The molecule has 0 radical (unpaired) electrons. The Labute approximate surface area is 180 Å². The van der Waals surface area contributed by atoms with Crippen molar-refractivity contribution < 1.29 is 13.5 Å². The van der Waals surface area contributed by atoms with E-state index in [1.807, 2.05) is 18.2 Å². The highest BCUT2D eigenvalue weighted by molar-refractivity contribution is 7.91. The van der Waals surface area contributed by atoms with Gasteiger partial charge in [-0.1, -0.05) is 50.4 Å². The summed E-state index contributed by atoms with van der Waals surface area (Å²) in [7, 11) is -3.72. The van der Waals surface area contributed by atoms with Crippen LogP contribution in [0.4, 0.5) is 0 Å². The minimum atomic E-state index is -3.72. The zero-order valence-corrected chi connectivity index (χ0v) is 18.6. The van der Waals surface area contributed by atoms with Crippen molar-refractivity contribution in [2.24, 2.45) is 5.92 Å². The van der Waals surface area contributed by atoms with Crippen molar-refractivity contribution in [1.29, 1.82) is 0 Å². The minimum absolute atomic E-state index is 0.107. The fraction of sp³-hybridized carbons (Fsp3) is 0.350. The number of aromatic nitrogens is 2. The first-order chi connectivity index (χ1) is 13.8. The molecule has 0 aliphatic carbocycles. The molecule has 1 aromatic carbocycles. The number of halogens is 1. The number of aromatic hydroxyl groups is 1. The first-order valence-electron chi connectivity index (χ1n) is 9.41. The van der Waals surface area contributed by atoms with Gasteiger partial charge in [0.25, 0.3) is 10.0 Å². The zero-order chi connectivity index (χ0) is 21.0. The molecular formula is C20H24ClN3O3S2. The highest BCUT2D eigenvalue weighted by Crippen LogP contribution is 2.32. The van der Waals surface area contributed by atoms with Crippen LogP contribution in [0.1, 0.15) is 44.0 Å². The highest BCUT2D eigenvalue weighted by atomic mass is 35.5. The van der Waals surface area contributed by atoms with Gasteiger partial charge in [0, 0.05) is 6.20 Å². The molecule has 0 saturated carbocycles. The summed E-state index contributed by atoms with van der Waals surface area (Å²) in [6, 6.07) is 11.4. The lowest BCUT2D eigenvalue weighted by molar-refractivity contribution is 0.359. The van der Waals surface area contributed by atoms with Gasteiger partial charge in [0.15, 0.2) is 0 Å². The lowest BCUT2D eigenvalue weighted by Gasteiger charge is -2.27. The monoisotopic (exact) mass is 453 g/mol. The first kappa shape index (κ1) is 21.8. The van der Waals surface area contributed by atoms with Crippen molar-refractivity contribution in [2.75, 3.05) is 0 Å². The van der Waals surface area contributed by atoms with Crippen molar-refractivity contribution in [2.45, 2.75) is 43.5 Å². The number of hydrogen-bond donors (Lipinski definition) is 2. The second-order valence-electron chi connectivity index (χ2n) is 6.81. The number of hydrogen-bond acceptors (Lipinski definition) is 5. The van der Waals surface area contributed by atoms with Gasteiger partial charge >= 0.3 is 0 Å². The van der Waals surface area contributed by atoms with Crippen LogP contribution in [-0.2, 0) is 16.6 Å². The van der Waals surface area contributed by atoms with Gasteiger partial charge in [-0.25, -0.2) is 13.1 Å². The lowest BCUT2D eigenvalue weighted by atomic mass is 9.92. The third kappa shape index (κ3) is 5.19. The molecule has 1 unspecified atom stereocenters. The maximum absolute atomic E-state index is 13.0. The summed E-state index contributed by atoms with van der Waals surface area (Å²) >= 11 is 6.98. The molecule has 3 rings (SSSR count). The van der Waals surface area contributed by atoms with E-state index in [0.29, 0.717) is 10.9 Å². The molecule has 0 bridgehead atoms. The molecule has 3 aromatic rings. The number of nitrogens with one attached hydrogen (secondary N) is 1. The fourth-order valence-corrected chi connectivity index (χ4v) is 6.12. The number of phenolic OH excluding ortho intramolecular Hbond substituents is 1. The van der Waals surface area contributed by atoms with Gasteiger partial charge in [-0.3, -0.25) is 4.68 Å². The summed E-state index contributed by atoms with van der Waals surface area (Å²) in [6.07, 6.45) is 3.32. The number of sulfonamides is 1. The number of nitrogens with zero attached hydrogens (tertiary/aromatic N) is 2. The zero-order valence-electron chi connectivity index (χ0n) is 16.2. The molecule has 2 aromatic heterocycles. The minimum Gasteiger partial charge on any atom is -0.508 e. The molecule has 156 valence electrons. The van der Waals surface area contributed by atoms with Crippen molar-refractivity contribution in [3.8, 4) is 5.75 Å². The predicted octanol–water partition coefficient (Wildman–Crippen LogP) is 4.81. The van der Waals surface area contributed by atoms with E-state index in [1.54, 1.807) is 29.1 Å². The molecular weight excluding hydrogens is 430 g/mol. The molecule has 0 aliphatic rings. The van der Waals surface area contributed by atoms with Gasteiger partial charge in [0.1, 0.15) is 9.96 Å². The third-order valence-corrected chi connectivity index (χ3v) is 8.12. The summed E-state index contributed by atoms with van der Waals surface area (Å²) in [5.74, 6) is 0.308. The maximum Gasteiger partial charge on any atom is 0.250 e. The average Bonchev–Trinajstić information content (AvgIpc) is 3.33. The van der Waals surface area contributed by atoms with Crippen molar-refractivity contribution in [3.63, 3.8) is 0 Å². The van der Waals surface area contributed by atoms with Crippen LogP contribution in [0.5, 0.6) is 5.75 Å². The topological polar surface area (TPSA) is 84.2 Å². The summed E-state index contributed by atoms with van der Waals surface area (Å²) in [4.78, 5) is 0. The van der Waals surface area contributed by atoms with Crippen LogP contribution in [0.3, 0.4) is 0 Å². The SMILES string of the molecule is CCC(CC)C(NS(=O)(=O)c1ccc(Cl)s1)c1ccnn1Cc1ccc(O)cc1. The molecule has 29 heavy (non-hydrogen) atoms. The van der Waals surface area contributed by atoms with Crippen molar-refractivity contribution in [3.05, 3.63) is 64.3 Å².